The Hall–Kier alpha value is -0.0800. The largest absolute Gasteiger partial charge is 0.376 e. The van der Waals surface area contributed by atoms with Gasteiger partial charge in [0.2, 0.25) is 0 Å². The van der Waals surface area contributed by atoms with Crippen LogP contribution < -0.4 is 5.32 Å². The van der Waals surface area contributed by atoms with Crippen molar-refractivity contribution in [3.8, 4) is 0 Å². The maximum Gasteiger partial charge on any atom is 0.0639 e. The standard InChI is InChI=1S/C9H19NO/c1-9(2,3)8-5-7(10-4)6-11-8/h7-8,10H,5-6H2,1-4H3/t7-,8-/m0/s1. The third-order valence-corrected chi connectivity index (χ3v) is 2.37. The summed E-state index contributed by atoms with van der Waals surface area (Å²) in [6, 6.07) is 0.569. The van der Waals surface area contributed by atoms with Crippen molar-refractivity contribution in [3.63, 3.8) is 0 Å². The molecule has 0 saturated carbocycles. The number of hydrogen-bond acceptors (Lipinski definition) is 2. The topological polar surface area (TPSA) is 21.3 Å². The van der Waals surface area contributed by atoms with Gasteiger partial charge in [0, 0.05) is 6.04 Å². The van der Waals surface area contributed by atoms with Gasteiger partial charge in [0.05, 0.1) is 12.7 Å². The second-order valence-electron chi connectivity index (χ2n) is 4.41. The van der Waals surface area contributed by atoms with E-state index in [1.807, 2.05) is 7.05 Å². The summed E-state index contributed by atoms with van der Waals surface area (Å²) in [7, 11) is 2.00. The summed E-state index contributed by atoms with van der Waals surface area (Å²) in [6.07, 6.45) is 1.58. The fourth-order valence-electron chi connectivity index (χ4n) is 1.43. The molecule has 2 nitrogen and oxygen atoms in total. The molecule has 2 heteroatoms. The third kappa shape index (κ3) is 2.17. The van der Waals surface area contributed by atoms with E-state index in [1.165, 1.54) is 0 Å². The van der Waals surface area contributed by atoms with Crippen molar-refractivity contribution in [2.24, 2.45) is 5.41 Å². The van der Waals surface area contributed by atoms with Crippen LogP contribution in [-0.2, 0) is 4.74 Å². The molecule has 1 aliphatic rings. The fourth-order valence-corrected chi connectivity index (χ4v) is 1.43. The van der Waals surface area contributed by atoms with Crippen LogP contribution in [0.1, 0.15) is 27.2 Å². The molecule has 0 aromatic carbocycles. The lowest BCUT2D eigenvalue weighted by Gasteiger charge is -2.25. The maximum atomic E-state index is 5.66. The molecular formula is C9H19NO. The fraction of sp³-hybridized carbons (Fsp3) is 1.00. The van der Waals surface area contributed by atoms with Crippen molar-refractivity contribution in [2.45, 2.75) is 39.3 Å². The van der Waals surface area contributed by atoms with E-state index < -0.39 is 0 Å². The molecule has 2 atom stereocenters. The molecule has 0 spiro atoms. The molecule has 0 amide bonds. The summed E-state index contributed by atoms with van der Waals surface area (Å²) in [5.41, 5.74) is 0.297. The molecule has 0 aromatic heterocycles. The molecular weight excluding hydrogens is 138 g/mol. The van der Waals surface area contributed by atoms with Crippen molar-refractivity contribution in [3.05, 3.63) is 0 Å². The van der Waals surface area contributed by atoms with Gasteiger partial charge in [-0.1, -0.05) is 20.8 Å². The van der Waals surface area contributed by atoms with Crippen LogP contribution in [0.15, 0.2) is 0 Å². The third-order valence-electron chi connectivity index (χ3n) is 2.37. The van der Waals surface area contributed by atoms with E-state index in [9.17, 15) is 0 Å². The molecule has 1 aliphatic heterocycles. The SMILES string of the molecule is CN[C@@H]1CO[C@H](C(C)(C)C)C1. The van der Waals surface area contributed by atoms with Crippen LogP contribution in [0, 0.1) is 5.41 Å². The van der Waals surface area contributed by atoms with Crippen LogP contribution in [0.4, 0.5) is 0 Å². The summed E-state index contributed by atoms with van der Waals surface area (Å²) in [5.74, 6) is 0. The predicted molar refractivity (Wildman–Crippen MR) is 46.7 cm³/mol. The van der Waals surface area contributed by atoms with Crippen molar-refractivity contribution in [1.29, 1.82) is 0 Å². The number of likely N-dealkylation sites (N-methyl/N-ethyl adjacent to an activating group) is 1. The van der Waals surface area contributed by atoms with Gasteiger partial charge in [-0.25, -0.2) is 0 Å². The van der Waals surface area contributed by atoms with Crippen LogP contribution >= 0.6 is 0 Å². The van der Waals surface area contributed by atoms with Gasteiger partial charge in [-0.05, 0) is 18.9 Å². The van der Waals surface area contributed by atoms with Gasteiger partial charge in [-0.15, -0.1) is 0 Å². The van der Waals surface area contributed by atoms with Gasteiger partial charge in [-0.2, -0.15) is 0 Å². The van der Waals surface area contributed by atoms with Gasteiger partial charge < -0.3 is 10.1 Å². The molecule has 1 heterocycles. The first-order valence-electron chi connectivity index (χ1n) is 4.33. The molecule has 1 N–H and O–H groups in total. The molecule has 11 heavy (non-hydrogen) atoms. The van der Waals surface area contributed by atoms with E-state index in [0.717, 1.165) is 13.0 Å². The van der Waals surface area contributed by atoms with Crippen molar-refractivity contribution < 1.29 is 4.74 Å². The van der Waals surface area contributed by atoms with E-state index in [0.29, 0.717) is 17.6 Å². The summed E-state index contributed by atoms with van der Waals surface area (Å²) in [5, 5.41) is 3.24. The molecule has 0 aromatic rings. The predicted octanol–water partition coefficient (Wildman–Crippen LogP) is 1.41. The van der Waals surface area contributed by atoms with Crippen molar-refractivity contribution >= 4 is 0 Å². The lowest BCUT2D eigenvalue weighted by Crippen LogP contribution is -2.28. The highest BCUT2D eigenvalue weighted by Gasteiger charge is 2.33. The Kier molecular flexibility index (Phi) is 2.55. The van der Waals surface area contributed by atoms with Gasteiger partial charge in [-0.3, -0.25) is 0 Å². The van der Waals surface area contributed by atoms with E-state index in [4.69, 9.17) is 4.74 Å². The minimum Gasteiger partial charge on any atom is -0.376 e. The zero-order valence-electron chi connectivity index (χ0n) is 7.98. The molecule has 1 fully saturated rings. The minimum atomic E-state index is 0.297. The monoisotopic (exact) mass is 157 g/mol. The molecule has 0 radical (unpaired) electrons. The van der Waals surface area contributed by atoms with Crippen LogP contribution in [0.3, 0.4) is 0 Å². The summed E-state index contributed by atoms with van der Waals surface area (Å²) in [4.78, 5) is 0. The lowest BCUT2D eigenvalue weighted by molar-refractivity contribution is 0.0284. The Balaban J connectivity index is 2.42. The Bertz CT molecular complexity index is 128. The number of hydrogen-bond donors (Lipinski definition) is 1. The smallest absolute Gasteiger partial charge is 0.0639 e. The average molecular weight is 157 g/mol. The normalized spacial score (nSPS) is 32.7. The zero-order chi connectivity index (χ0) is 8.48. The van der Waals surface area contributed by atoms with Gasteiger partial charge in [0.25, 0.3) is 0 Å². The van der Waals surface area contributed by atoms with E-state index in [2.05, 4.69) is 26.1 Å². The summed E-state index contributed by atoms with van der Waals surface area (Å²) in [6.45, 7) is 7.57. The maximum absolute atomic E-state index is 5.66. The lowest BCUT2D eigenvalue weighted by atomic mass is 9.87. The summed E-state index contributed by atoms with van der Waals surface area (Å²) >= 11 is 0. The minimum absolute atomic E-state index is 0.297. The first-order chi connectivity index (χ1) is 5.04. The van der Waals surface area contributed by atoms with E-state index in [-0.39, 0.29) is 0 Å². The number of rotatable bonds is 1. The van der Waals surface area contributed by atoms with Gasteiger partial charge >= 0.3 is 0 Å². The molecule has 0 aliphatic carbocycles. The van der Waals surface area contributed by atoms with Crippen molar-refractivity contribution in [1.82, 2.24) is 5.32 Å². The molecule has 66 valence electrons. The molecule has 0 unspecified atom stereocenters. The first kappa shape index (κ1) is 9.01. The van der Waals surface area contributed by atoms with Crippen LogP contribution in [0.5, 0.6) is 0 Å². The van der Waals surface area contributed by atoms with Gasteiger partial charge in [0.1, 0.15) is 0 Å². The Morgan fingerprint density at radius 2 is 2.00 bits per heavy atom. The zero-order valence-corrected chi connectivity index (χ0v) is 7.98. The summed E-state index contributed by atoms with van der Waals surface area (Å²) < 4.78 is 5.66. The Labute approximate surface area is 69.3 Å². The number of ether oxygens (including phenoxy) is 1. The van der Waals surface area contributed by atoms with Gasteiger partial charge in [0.15, 0.2) is 0 Å². The van der Waals surface area contributed by atoms with Crippen LogP contribution in [0.25, 0.3) is 0 Å². The van der Waals surface area contributed by atoms with E-state index in [1.54, 1.807) is 0 Å². The van der Waals surface area contributed by atoms with Crippen LogP contribution in [-0.4, -0.2) is 25.8 Å². The average Bonchev–Trinajstić information content (AvgIpc) is 2.32. The Morgan fingerprint density at radius 3 is 2.27 bits per heavy atom. The highest BCUT2D eigenvalue weighted by Crippen LogP contribution is 2.29. The molecule has 0 bridgehead atoms. The highest BCUT2D eigenvalue weighted by atomic mass is 16.5. The van der Waals surface area contributed by atoms with E-state index >= 15 is 0 Å². The highest BCUT2D eigenvalue weighted by molar-refractivity contribution is 4.85. The second kappa shape index (κ2) is 3.11. The van der Waals surface area contributed by atoms with Crippen LogP contribution in [0.2, 0.25) is 0 Å². The quantitative estimate of drug-likeness (QED) is 0.621. The van der Waals surface area contributed by atoms with Crippen molar-refractivity contribution in [2.75, 3.05) is 13.7 Å². The molecule has 1 saturated heterocycles. The Morgan fingerprint density at radius 1 is 1.36 bits per heavy atom. The number of nitrogens with one attached hydrogen (secondary N) is 1. The first-order valence-corrected chi connectivity index (χ1v) is 4.33. The second-order valence-corrected chi connectivity index (χ2v) is 4.41. The molecule has 1 rings (SSSR count).